The lowest BCUT2D eigenvalue weighted by molar-refractivity contribution is -0.121. The van der Waals surface area contributed by atoms with Gasteiger partial charge in [-0.3, -0.25) is 10.2 Å². The van der Waals surface area contributed by atoms with Crippen molar-refractivity contribution in [3.63, 3.8) is 0 Å². The van der Waals surface area contributed by atoms with Gasteiger partial charge in [0.2, 0.25) is 5.91 Å². The van der Waals surface area contributed by atoms with E-state index in [4.69, 9.17) is 15.3 Å². The summed E-state index contributed by atoms with van der Waals surface area (Å²) in [5, 5.41) is 0. The lowest BCUT2D eigenvalue weighted by Gasteiger charge is -2.19. The van der Waals surface area contributed by atoms with E-state index in [9.17, 15) is 4.79 Å². The topological polar surface area (TPSA) is 73.6 Å². The summed E-state index contributed by atoms with van der Waals surface area (Å²) in [5.74, 6) is 4.76. The second-order valence-electron chi connectivity index (χ2n) is 4.24. The Bertz CT molecular complexity index is 178. The van der Waals surface area contributed by atoms with Crippen LogP contribution in [0, 0.1) is 0 Å². The quantitative estimate of drug-likeness (QED) is 0.284. The summed E-state index contributed by atoms with van der Waals surface area (Å²) in [7, 11) is 0. The number of nitrogens with one attached hydrogen (secondary N) is 1. The molecule has 0 bridgehead atoms. The smallest absolute Gasteiger partial charge is 0.233 e. The van der Waals surface area contributed by atoms with E-state index >= 15 is 0 Å². The van der Waals surface area contributed by atoms with E-state index in [1.165, 1.54) is 0 Å². The van der Waals surface area contributed by atoms with Gasteiger partial charge < -0.3 is 9.47 Å². The lowest BCUT2D eigenvalue weighted by Crippen LogP contribution is -2.29. The zero-order valence-corrected chi connectivity index (χ0v) is 9.84. The van der Waals surface area contributed by atoms with Crippen LogP contribution in [0.25, 0.3) is 0 Å². The molecule has 0 aliphatic carbocycles. The molecule has 0 unspecified atom stereocenters. The standard InChI is InChI=1S/C10H22N2O3/c1-10(2,3)15-8-7-14-6-4-5-9(13)12-11/h4-8,11H2,1-3H3,(H,12,13). The summed E-state index contributed by atoms with van der Waals surface area (Å²) < 4.78 is 10.7. The number of nitrogens with two attached hydrogens (primary N) is 1. The van der Waals surface area contributed by atoms with Crippen molar-refractivity contribution >= 4 is 5.91 Å². The van der Waals surface area contributed by atoms with Crippen LogP contribution in [0.2, 0.25) is 0 Å². The van der Waals surface area contributed by atoms with E-state index in [0.29, 0.717) is 32.7 Å². The van der Waals surface area contributed by atoms with E-state index in [0.717, 1.165) is 0 Å². The Kier molecular flexibility index (Phi) is 7.29. The lowest BCUT2D eigenvalue weighted by atomic mass is 10.2. The first-order chi connectivity index (χ1) is 6.95. The van der Waals surface area contributed by atoms with Crippen molar-refractivity contribution in [1.82, 2.24) is 5.43 Å². The number of hydrazine groups is 1. The molecule has 0 rings (SSSR count). The average Bonchev–Trinajstić information content (AvgIpc) is 2.14. The molecule has 90 valence electrons. The molecule has 0 aromatic rings. The van der Waals surface area contributed by atoms with Crippen molar-refractivity contribution in [3.05, 3.63) is 0 Å². The normalized spacial score (nSPS) is 11.5. The minimum atomic E-state index is -0.162. The first-order valence-corrected chi connectivity index (χ1v) is 5.17. The van der Waals surface area contributed by atoms with Gasteiger partial charge >= 0.3 is 0 Å². The molecule has 0 fully saturated rings. The van der Waals surface area contributed by atoms with E-state index in [-0.39, 0.29) is 11.5 Å². The summed E-state index contributed by atoms with van der Waals surface area (Å²) in [6, 6.07) is 0. The minimum Gasteiger partial charge on any atom is -0.379 e. The van der Waals surface area contributed by atoms with Gasteiger partial charge in [0.25, 0.3) is 0 Å². The Morgan fingerprint density at radius 3 is 2.47 bits per heavy atom. The maximum atomic E-state index is 10.7. The van der Waals surface area contributed by atoms with Crippen molar-refractivity contribution in [2.75, 3.05) is 19.8 Å². The number of hydrogen-bond acceptors (Lipinski definition) is 4. The molecule has 15 heavy (non-hydrogen) atoms. The molecule has 1 amide bonds. The molecule has 0 atom stereocenters. The molecule has 0 aliphatic heterocycles. The summed E-state index contributed by atoms with van der Waals surface area (Å²) in [5.41, 5.74) is 1.95. The highest BCUT2D eigenvalue weighted by Gasteiger charge is 2.08. The van der Waals surface area contributed by atoms with E-state index in [1.54, 1.807) is 0 Å². The molecular formula is C10H22N2O3. The summed E-state index contributed by atoms with van der Waals surface area (Å²) in [6.45, 7) is 7.69. The predicted octanol–water partition coefficient (Wildman–Crippen LogP) is 0.588. The number of rotatable bonds is 7. The van der Waals surface area contributed by atoms with Gasteiger partial charge in [0.05, 0.1) is 18.8 Å². The fourth-order valence-corrected chi connectivity index (χ4v) is 0.916. The van der Waals surface area contributed by atoms with Crippen LogP contribution in [0.5, 0.6) is 0 Å². The van der Waals surface area contributed by atoms with Crippen LogP contribution in [0.4, 0.5) is 0 Å². The fraction of sp³-hybridized carbons (Fsp3) is 0.900. The molecule has 5 heteroatoms. The summed E-state index contributed by atoms with van der Waals surface area (Å²) in [4.78, 5) is 10.7. The van der Waals surface area contributed by atoms with Gasteiger partial charge in [-0.05, 0) is 27.2 Å². The number of carbonyl (C=O) groups is 1. The maximum absolute atomic E-state index is 10.7. The van der Waals surface area contributed by atoms with Crippen molar-refractivity contribution in [2.45, 2.75) is 39.2 Å². The molecule has 0 radical (unpaired) electrons. The molecule has 0 aromatic heterocycles. The number of amides is 1. The zero-order chi connectivity index (χ0) is 11.7. The molecule has 0 heterocycles. The second kappa shape index (κ2) is 7.62. The van der Waals surface area contributed by atoms with Crippen LogP contribution < -0.4 is 11.3 Å². The number of ether oxygens (including phenoxy) is 2. The molecule has 0 aliphatic rings. The Labute approximate surface area is 91.3 Å². The van der Waals surface area contributed by atoms with Crippen molar-refractivity contribution in [2.24, 2.45) is 5.84 Å². The maximum Gasteiger partial charge on any atom is 0.233 e. The third-order valence-electron chi connectivity index (χ3n) is 1.62. The van der Waals surface area contributed by atoms with Crippen LogP contribution in [0.15, 0.2) is 0 Å². The molecule has 5 nitrogen and oxygen atoms in total. The summed E-state index contributed by atoms with van der Waals surface area (Å²) >= 11 is 0. The largest absolute Gasteiger partial charge is 0.379 e. The third kappa shape index (κ3) is 11.3. The molecule has 3 N–H and O–H groups in total. The van der Waals surface area contributed by atoms with Gasteiger partial charge in [0, 0.05) is 13.0 Å². The highest BCUT2D eigenvalue weighted by atomic mass is 16.5. The molecule has 0 aromatic carbocycles. The average molecular weight is 218 g/mol. The highest BCUT2D eigenvalue weighted by molar-refractivity contribution is 5.75. The molecule has 0 spiro atoms. The van der Waals surface area contributed by atoms with Crippen molar-refractivity contribution in [1.29, 1.82) is 0 Å². The second-order valence-corrected chi connectivity index (χ2v) is 4.24. The fourth-order valence-electron chi connectivity index (χ4n) is 0.916. The molecular weight excluding hydrogens is 196 g/mol. The Morgan fingerprint density at radius 2 is 1.93 bits per heavy atom. The van der Waals surface area contributed by atoms with Crippen LogP contribution in [0.1, 0.15) is 33.6 Å². The predicted molar refractivity (Wildman–Crippen MR) is 58.1 cm³/mol. The van der Waals surface area contributed by atoms with Gasteiger partial charge in [-0.25, -0.2) is 5.84 Å². The molecule has 0 saturated heterocycles. The van der Waals surface area contributed by atoms with E-state index in [2.05, 4.69) is 5.43 Å². The summed E-state index contributed by atoms with van der Waals surface area (Å²) in [6.07, 6.45) is 1.08. The van der Waals surface area contributed by atoms with E-state index in [1.807, 2.05) is 20.8 Å². The van der Waals surface area contributed by atoms with Gasteiger partial charge in [-0.15, -0.1) is 0 Å². The van der Waals surface area contributed by atoms with Gasteiger partial charge in [-0.2, -0.15) is 0 Å². The molecule has 0 saturated carbocycles. The Hall–Kier alpha value is -0.650. The first kappa shape index (κ1) is 14.3. The van der Waals surface area contributed by atoms with Crippen LogP contribution in [0.3, 0.4) is 0 Å². The number of hydrogen-bond donors (Lipinski definition) is 2. The third-order valence-corrected chi connectivity index (χ3v) is 1.62. The van der Waals surface area contributed by atoms with Gasteiger partial charge in [0.15, 0.2) is 0 Å². The van der Waals surface area contributed by atoms with Gasteiger partial charge in [0.1, 0.15) is 0 Å². The monoisotopic (exact) mass is 218 g/mol. The van der Waals surface area contributed by atoms with Crippen molar-refractivity contribution < 1.29 is 14.3 Å². The Morgan fingerprint density at radius 1 is 1.27 bits per heavy atom. The van der Waals surface area contributed by atoms with Crippen molar-refractivity contribution in [3.8, 4) is 0 Å². The van der Waals surface area contributed by atoms with Crippen LogP contribution in [-0.4, -0.2) is 31.3 Å². The zero-order valence-electron chi connectivity index (χ0n) is 9.84. The van der Waals surface area contributed by atoms with Crippen LogP contribution in [-0.2, 0) is 14.3 Å². The van der Waals surface area contributed by atoms with E-state index < -0.39 is 0 Å². The minimum absolute atomic E-state index is 0.122. The Balaban J connectivity index is 3.16. The first-order valence-electron chi connectivity index (χ1n) is 5.17. The highest BCUT2D eigenvalue weighted by Crippen LogP contribution is 2.05. The van der Waals surface area contributed by atoms with Crippen LogP contribution >= 0.6 is 0 Å². The number of carbonyl (C=O) groups excluding carboxylic acids is 1. The van der Waals surface area contributed by atoms with Gasteiger partial charge in [-0.1, -0.05) is 0 Å². The SMILES string of the molecule is CC(C)(C)OCCOCCCC(=O)NN.